The van der Waals surface area contributed by atoms with Crippen LogP contribution in [0.1, 0.15) is 58.2 Å². The zero-order chi connectivity index (χ0) is 12.5. The minimum atomic E-state index is 0.544. The van der Waals surface area contributed by atoms with Crippen LogP contribution in [0.4, 0.5) is 0 Å². The summed E-state index contributed by atoms with van der Waals surface area (Å²) in [4.78, 5) is 0. The number of unbranched alkanes of at least 4 members (excludes halogenated alkanes) is 2. The van der Waals surface area contributed by atoms with Crippen molar-refractivity contribution in [1.29, 1.82) is 0 Å². The minimum absolute atomic E-state index is 0.544. The van der Waals surface area contributed by atoms with Crippen LogP contribution >= 0.6 is 0 Å². The van der Waals surface area contributed by atoms with E-state index < -0.39 is 0 Å². The van der Waals surface area contributed by atoms with Gasteiger partial charge in [-0.3, -0.25) is 0 Å². The van der Waals surface area contributed by atoms with E-state index in [0.717, 1.165) is 44.0 Å². The van der Waals surface area contributed by atoms with Crippen LogP contribution in [0.3, 0.4) is 0 Å². The summed E-state index contributed by atoms with van der Waals surface area (Å²) in [6.07, 6.45) is 6.45. The van der Waals surface area contributed by atoms with E-state index in [-0.39, 0.29) is 0 Å². The molecule has 1 rings (SSSR count). The topological polar surface area (TPSA) is 51.0 Å². The molecule has 0 amide bonds. The lowest BCUT2D eigenvalue weighted by atomic mass is 10.2. The van der Waals surface area contributed by atoms with Gasteiger partial charge in [-0.05, 0) is 19.4 Å². The quantitative estimate of drug-likeness (QED) is 0.673. The van der Waals surface area contributed by atoms with Gasteiger partial charge in [-0.25, -0.2) is 0 Å². The molecule has 0 aromatic carbocycles. The highest BCUT2D eigenvalue weighted by molar-refractivity contribution is 4.82. The number of nitrogens with zero attached hydrogens (tertiary/aromatic N) is 2. The van der Waals surface area contributed by atoms with Crippen LogP contribution in [-0.4, -0.2) is 22.8 Å². The molecule has 1 N–H and O–H groups in total. The Hall–Kier alpha value is -0.900. The van der Waals surface area contributed by atoms with Crippen LogP contribution in [0.5, 0.6) is 0 Å². The molecule has 0 unspecified atom stereocenters. The zero-order valence-corrected chi connectivity index (χ0v) is 11.3. The fourth-order valence-electron chi connectivity index (χ4n) is 1.65. The first-order valence-electron chi connectivity index (χ1n) is 6.77. The predicted molar refractivity (Wildman–Crippen MR) is 69.0 cm³/mol. The van der Waals surface area contributed by atoms with Crippen molar-refractivity contribution in [1.82, 2.24) is 15.5 Å². The first-order valence-corrected chi connectivity index (χ1v) is 6.77. The van der Waals surface area contributed by atoms with Gasteiger partial charge < -0.3 is 9.73 Å². The molecule has 0 aliphatic rings. The van der Waals surface area contributed by atoms with Crippen molar-refractivity contribution in [3.63, 3.8) is 0 Å². The number of aryl methyl sites for hydroxylation is 2. The van der Waals surface area contributed by atoms with E-state index in [4.69, 9.17) is 4.42 Å². The van der Waals surface area contributed by atoms with Gasteiger partial charge in [0, 0.05) is 18.9 Å². The van der Waals surface area contributed by atoms with Crippen molar-refractivity contribution in [3.8, 4) is 0 Å². The highest BCUT2D eigenvalue weighted by Gasteiger charge is 2.05. The molecule has 0 saturated carbocycles. The lowest BCUT2D eigenvalue weighted by Gasteiger charge is -2.05. The van der Waals surface area contributed by atoms with Crippen LogP contribution in [0.2, 0.25) is 0 Å². The van der Waals surface area contributed by atoms with Gasteiger partial charge in [0.1, 0.15) is 0 Å². The Labute approximate surface area is 104 Å². The van der Waals surface area contributed by atoms with E-state index in [2.05, 4.69) is 36.3 Å². The third-order valence-corrected chi connectivity index (χ3v) is 2.62. The molecular formula is C13H25N3O. The van der Waals surface area contributed by atoms with Gasteiger partial charge in [0.05, 0.1) is 0 Å². The molecule has 0 aliphatic heterocycles. The van der Waals surface area contributed by atoms with Crippen molar-refractivity contribution < 1.29 is 4.42 Å². The molecular weight excluding hydrogens is 214 g/mol. The van der Waals surface area contributed by atoms with Gasteiger partial charge in [0.25, 0.3) is 0 Å². The SMILES string of the molecule is CCCCCc1nnc(CCCNC(C)C)o1. The van der Waals surface area contributed by atoms with E-state index in [9.17, 15) is 0 Å². The number of hydrogen-bond donors (Lipinski definition) is 1. The summed E-state index contributed by atoms with van der Waals surface area (Å²) in [6.45, 7) is 7.50. The Morgan fingerprint density at radius 1 is 1.06 bits per heavy atom. The fraction of sp³-hybridized carbons (Fsp3) is 0.846. The molecule has 0 radical (unpaired) electrons. The maximum absolute atomic E-state index is 5.59. The Bertz CT molecular complexity index is 297. The third kappa shape index (κ3) is 6.41. The molecule has 0 saturated heterocycles. The fourth-order valence-corrected chi connectivity index (χ4v) is 1.65. The highest BCUT2D eigenvalue weighted by Crippen LogP contribution is 2.07. The molecule has 0 aliphatic carbocycles. The van der Waals surface area contributed by atoms with Crippen molar-refractivity contribution in [2.24, 2.45) is 0 Å². The lowest BCUT2D eigenvalue weighted by Crippen LogP contribution is -2.23. The average Bonchev–Trinajstić information content (AvgIpc) is 2.73. The van der Waals surface area contributed by atoms with Crippen LogP contribution in [-0.2, 0) is 12.8 Å². The van der Waals surface area contributed by atoms with E-state index in [1.807, 2.05) is 0 Å². The molecule has 1 aromatic rings. The Balaban J connectivity index is 2.16. The molecule has 4 nitrogen and oxygen atoms in total. The van der Waals surface area contributed by atoms with Gasteiger partial charge in [-0.2, -0.15) is 0 Å². The van der Waals surface area contributed by atoms with E-state index in [1.165, 1.54) is 12.8 Å². The van der Waals surface area contributed by atoms with Crippen LogP contribution in [0.15, 0.2) is 4.42 Å². The molecule has 0 fully saturated rings. The molecule has 0 bridgehead atoms. The summed E-state index contributed by atoms with van der Waals surface area (Å²) in [5.74, 6) is 1.58. The van der Waals surface area contributed by atoms with Crippen LogP contribution in [0, 0.1) is 0 Å². The summed E-state index contributed by atoms with van der Waals surface area (Å²) in [7, 11) is 0. The maximum atomic E-state index is 5.59. The summed E-state index contributed by atoms with van der Waals surface area (Å²) >= 11 is 0. The first-order chi connectivity index (χ1) is 8.22. The number of aromatic nitrogens is 2. The van der Waals surface area contributed by atoms with Gasteiger partial charge in [-0.1, -0.05) is 33.6 Å². The van der Waals surface area contributed by atoms with Crippen molar-refractivity contribution in [2.45, 2.75) is 65.3 Å². The summed E-state index contributed by atoms with van der Waals surface area (Å²) in [6, 6.07) is 0.544. The molecule has 98 valence electrons. The standard InChI is InChI=1S/C13H25N3O/c1-4-5-6-8-12-15-16-13(17-12)9-7-10-14-11(2)3/h11,14H,4-10H2,1-3H3. The van der Waals surface area contributed by atoms with Crippen molar-refractivity contribution in [3.05, 3.63) is 11.8 Å². The Morgan fingerprint density at radius 2 is 1.71 bits per heavy atom. The van der Waals surface area contributed by atoms with Gasteiger partial charge >= 0.3 is 0 Å². The average molecular weight is 239 g/mol. The second-order valence-electron chi connectivity index (χ2n) is 4.76. The molecule has 1 heterocycles. The molecule has 0 spiro atoms. The monoisotopic (exact) mass is 239 g/mol. The van der Waals surface area contributed by atoms with Crippen LogP contribution < -0.4 is 5.32 Å². The van der Waals surface area contributed by atoms with Crippen molar-refractivity contribution in [2.75, 3.05) is 6.54 Å². The second kappa shape index (κ2) is 8.23. The smallest absolute Gasteiger partial charge is 0.216 e. The van der Waals surface area contributed by atoms with Crippen molar-refractivity contribution >= 4 is 0 Å². The van der Waals surface area contributed by atoms with Gasteiger partial charge in [0.2, 0.25) is 11.8 Å². The first kappa shape index (κ1) is 14.2. The normalized spacial score (nSPS) is 11.3. The number of hydrogen-bond acceptors (Lipinski definition) is 4. The highest BCUT2D eigenvalue weighted by atomic mass is 16.4. The Kier molecular flexibility index (Phi) is 6.86. The second-order valence-corrected chi connectivity index (χ2v) is 4.76. The maximum Gasteiger partial charge on any atom is 0.216 e. The third-order valence-electron chi connectivity index (χ3n) is 2.62. The van der Waals surface area contributed by atoms with Crippen LogP contribution in [0.25, 0.3) is 0 Å². The molecule has 1 aromatic heterocycles. The Morgan fingerprint density at radius 3 is 2.29 bits per heavy atom. The number of nitrogens with one attached hydrogen (secondary N) is 1. The van der Waals surface area contributed by atoms with E-state index in [0.29, 0.717) is 6.04 Å². The zero-order valence-electron chi connectivity index (χ0n) is 11.3. The number of rotatable bonds is 9. The lowest BCUT2D eigenvalue weighted by molar-refractivity contribution is 0.433. The van der Waals surface area contributed by atoms with Gasteiger partial charge in [-0.15, -0.1) is 10.2 Å². The molecule has 4 heteroatoms. The minimum Gasteiger partial charge on any atom is -0.425 e. The summed E-state index contributed by atoms with van der Waals surface area (Å²) in [5, 5.41) is 11.5. The van der Waals surface area contributed by atoms with E-state index in [1.54, 1.807) is 0 Å². The van der Waals surface area contributed by atoms with E-state index >= 15 is 0 Å². The molecule has 0 atom stereocenters. The molecule has 17 heavy (non-hydrogen) atoms. The predicted octanol–water partition coefficient (Wildman–Crippen LogP) is 2.73. The largest absolute Gasteiger partial charge is 0.425 e. The summed E-state index contributed by atoms with van der Waals surface area (Å²) < 4.78 is 5.59. The van der Waals surface area contributed by atoms with Gasteiger partial charge in [0.15, 0.2) is 0 Å². The summed E-state index contributed by atoms with van der Waals surface area (Å²) in [5.41, 5.74) is 0.